The SMILES string of the molecule is CCC(CO)Nc1ncc(N)cc1Cl. The third-order valence-electron chi connectivity index (χ3n) is 1.92. The van der Waals surface area contributed by atoms with Crippen LogP contribution < -0.4 is 11.1 Å². The van der Waals surface area contributed by atoms with Gasteiger partial charge >= 0.3 is 0 Å². The van der Waals surface area contributed by atoms with Crippen molar-refractivity contribution in [1.29, 1.82) is 0 Å². The van der Waals surface area contributed by atoms with Gasteiger partial charge in [0, 0.05) is 0 Å². The molecule has 1 rings (SSSR count). The lowest BCUT2D eigenvalue weighted by Crippen LogP contribution is -2.23. The zero-order valence-electron chi connectivity index (χ0n) is 8.00. The number of nitrogens with one attached hydrogen (secondary N) is 1. The standard InChI is InChI=1S/C9H14ClN3O/c1-2-7(5-14)13-9-8(10)3-6(11)4-12-9/h3-4,7,14H,2,5,11H2,1H3,(H,12,13). The first kappa shape index (κ1) is 11.1. The third kappa shape index (κ3) is 2.75. The molecule has 0 spiro atoms. The van der Waals surface area contributed by atoms with Gasteiger partial charge in [-0.3, -0.25) is 0 Å². The van der Waals surface area contributed by atoms with Crippen LogP contribution in [0.5, 0.6) is 0 Å². The van der Waals surface area contributed by atoms with Gasteiger partial charge in [-0.1, -0.05) is 18.5 Å². The summed E-state index contributed by atoms with van der Waals surface area (Å²) in [6.07, 6.45) is 2.33. The molecule has 0 radical (unpaired) electrons. The topological polar surface area (TPSA) is 71.2 Å². The predicted octanol–water partition coefficient (Wildman–Crippen LogP) is 1.50. The van der Waals surface area contributed by atoms with Crippen molar-refractivity contribution >= 4 is 23.1 Å². The number of aliphatic hydroxyl groups is 1. The second kappa shape index (κ2) is 5.02. The van der Waals surface area contributed by atoms with Gasteiger partial charge in [-0.15, -0.1) is 0 Å². The van der Waals surface area contributed by atoms with E-state index in [9.17, 15) is 0 Å². The Morgan fingerprint density at radius 3 is 2.93 bits per heavy atom. The molecule has 1 aromatic heterocycles. The van der Waals surface area contributed by atoms with Crippen molar-refractivity contribution in [3.8, 4) is 0 Å². The number of rotatable bonds is 4. The van der Waals surface area contributed by atoms with E-state index in [1.807, 2.05) is 6.92 Å². The number of nitrogen functional groups attached to an aromatic ring is 1. The number of aromatic nitrogens is 1. The first-order valence-corrected chi connectivity index (χ1v) is 4.83. The van der Waals surface area contributed by atoms with Gasteiger partial charge in [-0.2, -0.15) is 0 Å². The molecule has 0 fully saturated rings. The summed E-state index contributed by atoms with van der Waals surface area (Å²) in [5.41, 5.74) is 6.02. The lowest BCUT2D eigenvalue weighted by molar-refractivity contribution is 0.271. The first-order chi connectivity index (χ1) is 6.67. The normalized spacial score (nSPS) is 12.5. The minimum absolute atomic E-state index is 0.0244. The smallest absolute Gasteiger partial charge is 0.145 e. The number of nitrogens with two attached hydrogens (primary N) is 1. The van der Waals surface area contributed by atoms with Crippen LogP contribution in [0.15, 0.2) is 12.3 Å². The molecule has 0 bridgehead atoms. The summed E-state index contributed by atoms with van der Waals surface area (Å²) < 4.78 is 0. The minimum Gasteiger partial charge on any atom is -0.397 e. The lowest BCUT2D eigenvalue weighted by Gasteiger charge is -2.15. The molecule has 1 unspecified atom stereocenters. The van der Waals surface area contributed by atoms with Crippen molar-refractivity contribution in [2.75, 3.05) is 17.7 Å². The molecule has 0 amide bonds. The van der Waals surface area contributed by atoms with Crippen LogP contribution in [0.3, 0.4) is 0 Å². The number of aliphatic hydroxyl groups excluding tert-OH is 1. The van der Waals surface area contributed by atoms with Crippen molar-refractivity contribution in [1.82, 2.24) is 4.98 Å². The Morgan fingerprint density at radius 1 is 1.71 bits per heavy atom. The van der Waals surface area contributed by atoms with Gasteiger partial charge in [0.05, 0.1) is 29.6 Å². The molecule has 78 valence electrons. The fourth-order valence-corrected chi connectivity index (χ4v) is 1.26. The van der Waals surface area contributed by atoms with E-state index >= 15 is 0 Å². The first-order valence-electron chi connectivity index (χ1n) is 4.45. The quantitative estimate of drug-likeness (QED) is 0.712. The van der Waals surface area contributed by atoms with Crippen LogP contribution in [0.2, 0.25) is 5.02 Å². The highest BCUT2D eigenvalue weighted by Crippen LogP contribution is 2.21. The Balaban J connectivity index is 2.76. The van der Waals surface area contributed by atoms with Crippen molar-refractivity contribution < 1.29 is 5.11 Å². The highest BCUT2D eigenvalue weighted by molar-refractivity contribution is 6.33. The molecule has 14 heavy (non-hydrogen) atoms. The zero-order chi connectivity index (χ0) is 10.6. The molecular formula is C9H14ClN3O. The van der Waals surface area contributed by atoms with Gasteiger partial charge in [-0.25, -0.2) is 4.98 Å². The Kier molecular flexibility index (Phi) is 3.98. The number of hydrogen-bond donors (Lipinski definition) is 3. The molecule has 0 aliphatic heterocycles. The van der Waals surface area contributed by atoms with Crippen LogP contribution in [0, 0.1) is 0 Å². The molecule has 1 heterocycles. The van der Waals surface area contributed by atoms with E-state index < -0.39 is 0 Å². The number of anilines is 2. The van der Waals surface area contributed by atoms with Crippen molar-refractivity contribution in [3.63, 3.8) is 0 Å². The Hall–Kier alpha value is -1.00. The number of pyridine rings is 1. The van der Waals surface area contributed by atoms with E-state index in [1.165, 1.54) is 6.20 Å². The summed E-state index contributed by atoms with van der Waals surface area (Å²) >= 11 is 5.90. The average Bonchev–Trinajstić information content (AvgIpc) is 2.17. The maximum absolute atomic E-state index is 8.97. The molecule has 1 aromatic rings. The molecule has 4 N–H and O–H groups in total. The monoisotopic (exact) mass is 215 g/mol. The van der Waals surface area contributed by atoms with Crippen molar-refractivity contribution in [2.45, 2.75) is 19.4 Å². The molecule has 0 aliphatic rings. The van der Waals surface area contributed by atoms with E-state index in [2.05, 4.69) is 10.3 Å². The summed E-state index contributed by atoms with van der Waals surface area (Å²) in [6.45, 7) is 2.03. The van der Waals surface area contributed by atoms with Gasteiger partial charge in [0.25, 0.3) is 0 Å². The van der Waals surface area contributed by atoms with Gasteiger partial charge in [0.15, 0.2) is 0 Å². The second-order valence-electron chi connectivity index (χ2n) is 3.03. The number of hydrogen-bond acceptors (Lipinski definition) is 4. The van der Waals surface area contributed by atoms with Crippen LogP contribution >= 0.6 is 11.6 Å². The second-order valence-corrected chi connectivity index (χ2v) is 3.44. The van der Waals surface area contributed by atoms with Crippen molar-refractivity contribution in [2.24, 2.45) is 0 Å². The van der Waals surface area contributed by atoms with Gasteiger partial charge in [0.2, 0.25) is 0 Å². The van der Waals surface area contributed by atoms with E-state index in [0.29, 0.717) is 16.5 Å². The summed E-state index contributed by atoms with van der Waals surface area (Å²) in [5, 5.41) is 12.5. The van der Waals surface area contributed by atoms with Gasteiger partial charge < -0.3 is 16.2 Å². The fraction of sp³-hybridized carbons (Fsp3) is 0.444. The Labute approximate surface area is 88.1 Å². The van der Waals surface area contributed by atoms with Crippen molar-refractivity contribution in [3.05, 3.63) is 17.3 Å². The summed E-state index contributed by atoms with van der Waals surface area (Å²) in [4.78, 5) is 4.03. The predicted molar refractivity (Wildman–Crippen MR) is 58.4 cm³/mol. The summed E-state index contributed by atoms with van der Waals surface area (Å²) in [6, 6.07) is 1.60. The molecular weight excluding hydrogens is 202 g/mol. The van der Waals surface area contributed by atoms with E-state index in [1.54, 1.807) is 6.07 Å². The Morgan fingerprint density at radius 2 is 2.43 bits per heavy atom. The van der Waals surface area contributed by atoms with Gasteiger partial charge in [0.1, 0.15) is 5.82 Å². The molecule has 5 heteroatoms. The van der Waals surface area contributed by atoms with Crippen LogP contribution in [-0.2, 0) is 0 Å². The molecule has 0 saturated carbocycles. The number of halogens is 1. The Bertz CT molecular complexity index is 302. The van der Waals surface area contributed by atoms with Gasteiger partial charge in [-0.05, 0) is 12.5 Å². The average molecular weight is 216 g/mol. The minimum atomic E-state index is -0.0244. The van der Waals surface area contributed by atoms with Crippen LogP contribution in [0.25, 0.3) is 0 Å². The zero-order valence-corrected chi connectivity index (χ0v) is 8.75. The van der Waals surface area contributed by atoms with Crippen LogP contribution in [0.4, 0.5) is 11.5 Å². The maximum atomic E-state index is 8.97. The summed E-state index contributed by atoms with van der Waals surface area (Å²) in [5.74, 6) is 0.557. The molecule has 0 aliphatic carbocycles. The van der Waals surface area contributed by atoms with E-state index in [0.717, 1.165) is 6.42 Å². The highest BCUT2D eigenvalue weighted by Gasteiger charge is 2.08. The van der Waals surface area contributed by atoms with E-state index in [-0.39, 0.29) is 12.6 Å². The van der Waals surface area contributed by atoms with Crippen LogP contribution in [-0.4, -0.2) is 22.7 Å². The summed E-state index contributed by atoms with van der Waals surface area (Å²) in [7, 11) is 0. The largest absolute Gasteiger partial charge is 0.397 e. The fourth-order valence-electron chi connectivity index (χ4n) is 1.03. The maximum Gasteiger partial charge on any atom is 0.145 e. The molecule has 0 saturated heterocycles. The van der Waals surface area contributed by atoms with Crippen LogP contribution in [0.1, 0.15) is 13.3 Å². The third-order valence-corrected chi connectivity index (χ3v) is 2.20. The number of nitrogens with zero attached hydrogens (tertiary/aromatic N) is 1. The molecule has 4 nitrogen and oxygen atoms in total. The molecule has 0 aromatic carbocycles. The lowest BCUT2D eigenvalue weighted by atomic mass is 10.2. The molecule has 1 atom stereocenters. The van der Waals surface area contributed by atoms with E-state index in [4.69, 9.17) is 22.4 Å². The highest BCUT2D eigenvalue weighted by atomic mass is 35.5.